The molecule has 0 spiro atoms. The molecule has 2 rings (SSSR count). The minimum absolute atomic E-state index is 0.320. The van der Waals surface area contributed by atoms with E-state index in [0.717, 1.165) is 5.56 Å². The maximum absolute atomic E-state index is 13.6. The zero-order valence-corrected chi connectivity index (χ0v) is 11.0. The highest BCUT2D eigenvalue weighted by atomic mass is 19.1. The third kappa shape index (κ3) is 3.00. The molecular formula is C16H17FO2. The molecule has 0 saturated carbocycles. The SMILES string of the molecule is COC(c1ccccc1)C(O)c1ccc(C)c(F)c1. The molecule has 0 aliphatic rings. The van der Waals surface area contributed by atoms with Gasteiger partial charge < -0.3 is 9.84 Å². The summed E-state index contributed by atoms with van der Waals surface area (Å²) < 4.78 is 18.9. The number of methoxy groups -OCH3 is 1. The molecule has 3 heteroatoms. The average molecular weight is 260 g/mol. The summed E-state index contributed by atoms with van der Waals surface area (Å²) in [7, 11) is 1.53. The second-order valence-electron chi connectivity index (χ2n) is 4.52. The fourth-order valence-electron chi connectivity index (χ4n) is 2.06. The van der Waals surface area contributed by atoms with E-state index in [1.165, 1.54) is 13.2 Å². The first kappa shape index (κ1) is 13.7. The Kier molecular flexibility index (Phi) is 4.30. The minimum Gasteiger partial charge on any atom is -0.385 e. The summed E-state index contributed by atoms with van der Waals surface area (Å²) in [6.45, 7) is 1.69. The van der Waals surface area contributed by atoms with E-state index in [-0.39, 0.29) is 5.82 Å². The van der Waals surface area contributed by atoms with Gasteiger partial charge in [0.05, 0.1) is 0 Å². The number of hydrogen-bond donors (Lipinski definition) is 1. The molecule has 1 N–H and O–H groups in total. The Balaban J connectivity index is 2.30. The Morgan fingerprint density at radius 1 is 1.05 bits per heavy atom. The quantitative estimate of drug-likeness (QED) is 0.910. The van der Waals surface area contributed by atoms with E-state index >= 15 is 0 Å². The van der Waals surface area contributed by atoms with Gasteiger partial charge in [0.15, 0.2) is 0 Å². The van der Waals surface area contributed by atoms with Gasteiger partial charge >= 0.3 is 0 Å². The summed E-state index contributed by atoms with van der Waals surface area (Å²) in [5.74, 6) is -0.320. The van der Waals surface area contributed by atoms with Gasteiger partial charge in [-0.05, 0) is 29.7 Å². The number of rotatable bonds is 4. The van der Waals surface area contributed by atoms with Gasteiger partial charge in [-0.2, -0.15) is 0 Å². The summed E-state index contributed by atoms with van der Waals surface area (Å²) in [4.78, 5) is 0. The molecule has 2 unspecified atom stereocenters. The number of ether oxygens (including phenoxy) is 1. The lowest BCUT2D eigenvalue weighted by atomic mass is 9.97. The van der Waals surface area contributed by atoms with Gasteiger partial charge in [0, 0.05) is 7.11 Å². The number of aliphatic hydroxyl groups excluding tert-OH is 1. The van der Waals surface area contributed by atoms with Gasteiger partial charge in [-0.25, -0.2) is 4.39 Å². The van der Waals surface area contributed by atoms with Crippen LogP contribution in [0, 0.1) is 12.7 Å². The summed E-state index contributed by atoms with van der Waals surface area (Å²) in [6.07, 6.45) is -1.41. The first-order chi connectivity index (χ1) is 9.13. The van der Waals surface area contributed by atoms with Crippen LogP contribution in [0.15, 0.2) is 48.5 Å². The number of hydrogen-bond acceptors (Lipinski definition) is 2. The second kappa shape index (κ2) is 5.95. The van der Waals surface area contributed by atoms with Crippen LogP contribution >= 0.6 is 0 Å². The Bertz CT molecular complexity index is 540. The zero-order valence-electron chi connectivity index (χ0n) is 11.0. The number of halogens is 1. The molecule has 100 valence electrons. The molecular weight excluding hydrogens is 243 g/mol. The molecule has 0 amide bonds. The predicted molar refractivity (Wildman–Crippen MR) is 72.3 cm³/mol. The summed E-state index contributed by atoms with van der Waals surface area (Å²) in [5.41, 5.74) is 1.93. The van der Waals surface area contributed by atoms with Gasteiger partial charge in [-0.15, -0.1) is 0 Å². The molecule has 0 bridgehead atoms. The van der Waals surface area contributed by atoms with E-state index in [0.29, 0.717) is 11.1 Å². The van der Waals surface area contributed by atoms with Crippen LogP contribution < -0.4 is 0 Å². The predicted octanol–water partition coefficient (Wildman–Crippen LogP) is 3.56. The van der Waals surface area contributed by atoms with E-state index in [1.807, 2.05) is 30.3 Å². The van der Waals surface area contributed by atoms with Crippen LogP contribution in [0.25, 0.3) is 0 Å². The first-order valence-electron chi connectivity index (χ1n) is 6.15. The fourth-order valence-corrected chi connectivity index (χ4v) is 2.06. The topological polar surface area (TPSA) is 29.5 Å². The molecule has 2 atom stereocenters. The van der Waals surface area contributed by atoms with E-state index in [2.05, 4.69) is 0 Å². The Labute approximate surface area is 112 Å². The van der Waals surface area contributed by atoms with E-state index in [1.54, 1.807) is 19.1 Å². The van der Waals surface area contributed by atoms with Gasteiger partial charge in [0.1, 0.15) is 18.0 Å². The van der Waals surface area contributed by atoms with Crippen molar-refractivity contribution in [1.82, 2.24) is 0 Å². The molecule has 0 aliphatic carbocycles. The zero-order chi connectivity index (χ0) is 13.8. The van der Waals surface area contributed by atoms with Crippen molar-refractivity contribution in [3.05, 3.63) is 71.0 Å². The molecule has 0 aliphatic heterocycles. The molecule has 0 fully saturated rings. The lowest BCUT2D eigenvalue weighted by Gasteiger charge is -2.22. The van der Waals surface area contributed by atoms with Crippen molar-refractivity contribution in [2.45, 2.75) is 19.1 Å². The van der Waals surface area contributed by atoms with Crippen molar-refractivity contribution >= 4 is 0 Å². The summed E-state index contributed by atoms with van der Waals surface area (Å²) in [6, 6.07) is 14.1. The lowest BCUT2D eigenvalue weighted by molar-refractivity contribution is -0.0150. The summed E-state index contributed by atoms with van der Waals surface area (Å²) in [5, 5.41) is 10.4. The molecule has 0 aromatic heterocycles. The Morgan fingerprint density at radius 3 is 2.32 bits per heavy atom. The van der Waals surface area contributed by atoms with Crippen LogP contribution in [-0.2, 0) is 4.74 Å². The monoisotopic (exact) mass is 260 g/mol. The number of benzene rings is 2. The Hall–Kier alpha value is -1.71. The van der Waals surface area contributed by atoms with E-state index < -0.39 is 12.2 Å². The van der Waals surface area contributed by atoms with Crippen LogP contribution in [0.1, 0.15) is 28.9 Å². The molecule has 2 aromatic carbocycles. The maximum atomic E-state index is 13.6. The smallest absolute Gasteiger partial charge is 0.126 e. The van der Waals surface area contributed by atoms with Crippen molar-refractivity contribution in [2.75, 3.05) is 7.11 Å². The highest BCUT2D eigenvalue weighted by Gasteiger charge is 2.22. The highest BCUT2D eigenvalue weighted by Crippen LogP contribution is 2.31. The van der Waals surface area contributed by atoms with E-state index in [4.69, 9.17) is 4.74 Å². The van der Waals surface area contributed by atoms with Crippen LogP contribution in [0.3, 0.4) is 0 Å². The summed E-state index contributed by atoms with van der Waals surface area (Å²) >= 11 is 0. The standard InChI is InChI=1S/C16H17FO2/c1-11-8-9-13(10-14(11)17)15(18)16(19-2)12-6-4-3-5-7-12/h3-10,15-16,18H,1-2H3. The molecule has 2 aromatic rings. The third-order valence-electron chi connectivity index (χ3n) is 3.21. The van der Waals surface area contributed by atoms with E-state index in [9.17, 15) is 9.50 Å². The molecule has 0 heterocycles. The number of aryl methyl sites for hydroxylation is 1. The Morgan fingerprint density at radius 2 is 1.74 bits per heavy atom. The normalized spacial score (nSPS) is 14.1. The van der Waals surface area contributed by atoms with Crippen LogP contribution in [0.5, 0.6) is 0 Å². The number of aliphatic hydroxyl groups is 1. The first-order valence-corrected chi connectivity index (χ1v) is 6.15. The van der Waals surface area contributed by atoms with Crippen molar-refractivity contribution in [1.29, 1.82) is 0 Å². The minimum atomic E-state index is -0.900. The van der Waals surface area contributed by atoms with Crippen molar-refractivity contribution in [2.24, 2.45) is 0 Å². The van der Waals surface area contributed by atoms with Gasteiger partial charge in [-0.3, -0.25) is 0 Å². The molecule has 0 saturated heterocycles. The van der Waals surface area contributed by atoms with Crippen LogP contribution in [-0.4, -0.2) is 12.2 Å². The second-order valence-corrected chi connectivity index (χ2v) is 4.52. The molecule has 0 radical (unpaired) electrons. The highest BCUT2D eigenvalue weighted by molar-refractivity contribution is 5.28. The largest absolute Gasteiger partial charge is 0.385 e. The van der Waals surface area contributed by atoms with Crippen molar-refractivity contribution in [3.8, 4) is 0 Å². The molecule has 2 nitrogen and oxygen atoms in total. The van der Waals surface area contributed by atoms with Crippen molar-refractivity contribution < 1.29 is 14.2 Å². The van der Waals surface area contributed by atoms with Gasteiger partial charge in [0.25, 0.3) is 0 Å². The third-order valence-corrected chi connectivity index (χ3v) is 3.21. The maximum Gasteiger partial charge on any atom is 0.126 e. The van der Waals surface area contributed by atoms with Gasteiger partial charge in [-0.1, -0.05) is 42.5 Å². The average Bonchev–Trinajstić information content (AvgIpc) is 2.44. The van der Waals surface area contributed by atoms with Crippen molar-refractivity contribution in [3.63, 3.8) is 0 Å². The van der Waals surface area contributed by atoms with Crippen LogP contribution in [0.2, 0.25) is 0 Å². The fraction of sp³-hybridized carbons (Fsp3) is 0.250. The van der Waals surface area contributed by atoms with Gasteiger partial charge in [0.2, 0.25) is 0 Å². The lowest BCUT2D eigenvalue weighted by Crippen LogP contribution is -2.13. The molecule has 19 heavy (non-hydrogen) atoms. The van der Waals surface area contributed by atoms with Crippen LogP contribution in [0.4, 0.5) is 4.39 Å².